The van der Waals surface area contributed by atoms with E-state index in [1.54, 1.807) is 24.3 Å². The van der Waals surface area contributed by atoms with Crippen LogP contribution in [0.4, 0.5) is 5.69 Å². The molecule has 102 valence electrons. The van der Waals surface area contributed by atoms with Gasteiger partial charge in [-0.2, -0.15) is 5.26 Å². The number of nitrogens with zero attached hydrogens (tertiary/aromatic N) is 1. The summed E-state index contributed by atoms with van der Waals surface area (Å²) in [7, 11) is -3.80. The predicted molar refractivity (Wildman–Crippen MR) is 81.1 cm³/mol. The van der Waals surface area contributed by atoms with Gasteiger partial charge < -0.3 is 0 Å². The summed E-state index contributed by atoms with van der Waals surface area (Å²) in [6, 6.07) is 12.7. The maximum Gasteiger partial charge on any atom is 0.263 e. The average Bonchev–Trinajstić information content (AvgIpc) is 2.37. The minimum absolute atomic E-state index is 0.00606. The second-order valence-corrected chi connectivity index (χ2v) is 6.85. The zero-order valence-corrected chi connectivity index (χ0v) is 13.1. The van der Waals surface area contributed by atoms with Gasteiger partial charge in [-0.3, -0.25) is 4.72 Å². The van der Waals surface area contributed by atoms with Crippen LogP contribution in [-0.4, -0.2) is 8.42 Å². The van der Waals surface area contributed by atoms with Crippen molar-refractivity contribution in [1.29, 1.82) is 5.26 Å². The molecule has 0 aliphatic heterocycles. The summed E-state index contributed by atoms with van der Waals surface area (Å²) in [5.74, 6) is 0. The van der Waals surface area contributed by atoms with Gasteiger partial charge in [-0.05, 0) is 36.4 Å². The Balaban J connectivity index is 2.39. The molecule has 7 heteroatoms. The lowest BCUT2D eigenvalue weighted by Gasteiger charge is -2.09. The number of hydrogen-bond acceptors (Lipinski definition) is 3. The van der Waals surface area contributed by atoms with Crippen LogP contribution in [-0.2, 0) is 10.0 Å². The van der Waals surface area contributed by atoms with Gasteiger partial charge in [0.05, 0.1) is 16.7 Å². The average molecular weight is 372 g/mol. The van der Waals surface area contributed by atoms with E-state index in [2.05, 4.69) is 20.7 Å². The third-order valence-corrected chi connectivity index (χ3v) is 4.78. The number of anilines is 1. The molecule has 0 atom stereocenters. The van der Waals surface area contributed by atoms with Crippen molar-refractivity contribution in [3.63, 3.8) is 0 Å². The molecule has 0 aromatic heterocycles. The number of halogens is 2. The lowest BCUT2D eigenvalue weighted by atomic mass is 10.2. The topological polar surface area (TPSA) is 70.0 Å². The first-order chi connectivity index (χ1) is 9.42. The zero-order valence-electron chi connectivity index (χ0n) is 9.97. The lowest BCUT2D eigenvalue weighted by molar-refractivity contribution is 0.601. The molecule has 2 rings (SSSR count). The Kier molecular flexibility index (Phi) is 4.33. The second kappa shape index (κ2) is 5.83. The number of hydrogen-bond donors (Lipinski definition) is 1. The van der Waals surface area contributed by atoms with Gasteiger partial charge >= 0.3 is 0 Å². The highest BCUT2D eigenvalue weighted by molar-refractivity contribution is 9.10. The van der Waals surface area contributed by atoms with Crippen LogP contribution in [0, 0.1) is 11.3 Å². The van der Waals surface area contributed by atoms with Gasteiger partial charge in [-0.15, -0.1) is 0 Å². The highest BCUT2D eigenvalue weighted by atomic mass is 79.9. The molecular formula is C13H8BrClN2O2S. The summed E-state index contributed by atoms with van der Waals surface area (Å²) in [5.41, 5.74) is 0.719. The van der Waals surface area contributed by atoms with Crippen molar-refractivity contribution in [3.8, 4) is 6.07 Å². The maximum absolute atomic E-state index is 12.2. The first-order valence-electron chi connectivity index (χ1n) is 5.40. The standard InChI is InChI=1S/C13H8BrClN2O2S/c14-10-2-1-3-11(7-10)17-20(18,19)13-5-4-9(8-16)6-12(13)15/h1-7,17H. The molecule has 20 heavy (non-hydrogen) atoms. The summed E-state index contributed by atoms with van der Waals surface area (Å²) in [6.45, 7) is 0. The number of sulfonamides is 1. The number of nitriles is 1. The molecule has 0 saturated carbocycles. The molecule has 0 bridgehead atoms. The SMILES string of the molecule is N#Cc1ccc(S(=O)(=O)Nc2cccc(Br)c2)c(Cl)c1. The van der Waals surface area contributed by atoms with Crippen LogP contribution in [0.5, 0.6) is 0 Å². The highest BCUT2D eigenvalue weighted by Gasteiger charge is 2.18. The number of rotatable bonds is 3. The van der Waals surface area contributed by atoms with E-state index in [1.165, 1.54) is 18.2 Å². The molecule has 2 aromatic rings. The molecular weight excluding hydrogens is 364 g/mol. The van der Waals surface area contributed by atoms with Crippen LogP contribution < -0.4 is 4.72 Å². The Morgan fingerprint density at radius 3 is 2.55 bits per heavy atom. The molecule has 0 fully saturated rings. The summed E-state index contributed by atoms with van der Waals surface area (Å²) in [5, 5.41) is 8.75. The van der Waals surface area contributed by atoms with Gasteiger partial charge in [0.15, 0.2) is 0 Å². The minimum Gasteiger partial charge on any atom is -0.280 e. The van der Waals surface area contributed by atoms with E-state index in [0.717, 1.165) is 4.47 Å². The van der Waals surface area contributed by atoms with E-state index in [1.807, 2.05) is 6.07 Å². The Morgan fingerprint density at radius 2 is 1.95 bits per heavy atom. The van der Waals surface area contributed by atoms with Crippen LogP contribution in [0.1, 0.15) is 5.56 Å². The van der Waals surface area contributed by atoms with Crippen LogP contribution in [0.25, 0.3) is 0 Å². The van der Waals surface area contributed by atoms with Crippen molar-refractivity contribution in [2.75, 3.05) is 4.72 Å². The summed E-state index contributed by atoms with van der Waals surface area (Å²) in [4.78, 5) is -0.0712. The summed E-state index contributed by atoms with van der Waals surface area (Å²) < 4.78 is 27.7. The van der Waals surface area contributed by atoms with E-state index in [0.29, 0.717) is 11.3 Å². The summed E-state index contributed by atoms with van der Waals surface area (Å²) in [6.07, 6.45) is 0. The van der Waals surface area contributed by atoms with Gasteiger partial charge in [-0.1, -0.05) is 33.6 Å². The highest BCUT2D eigenvalue weighted by Crippen LogP contribution is 2.25. The fourth-order valence-corrected chi connectivity index (χ4v) is 3.54. The maximum atomic E-state index is 12.2. The Hall–Kier alpha value is -1.55. The fraction of sp³-hybridized carbons (Fsp3) is 0. The van der Waals surface area contributed by atoms with Gasteiger partial charge in [0.2, 0.25) is 0 Å². The molecule has 0 unspecified atom stereocenters. The van der Waals surface area contributed by atoms with Gasteiger partial charge in [0.1, 0.15) is 4.90 Å². The quantitative estimate of drug-likeness (QED) is 0.892. The van der Waals surface area contributed by atoms with Crippen molar-refractivity contribution in [2.45, 2.75) is 4.90 Å². The van der Waals surface area contributed by atoms with Gasteiger partial charge in [0.25, 0.3) is 10.0 Å². The Labute approximate surface area is 130 Å². The molecule has 2 aromatic carbocycles. The van der Waals surface area contributed by atoms with E-state index in [9.17, 15) is 8.42 Å². The van der Waals surface area contributed by atoms with Crippen molar-refractivity contribution in [3.05, 3.63) is 57.5 Å². The molecule has 0 radical (unpaired) electrons. The van der Waals surface area contributed by atoms with E-state index in [4.69, 9.17) is 16.9 Å². The van der Waals surface area contributed by atoms with Crippen LogP contribution in [0.15, 0.2) is 51.8 Å². The predicted octanol–water partition coefficient (Wildman–Crippen LogP) is 3.77. The van der Waals surface area contributed by atoms with E-state index >= 15 is 0 Å². The third-order valence-electron chi connectivity index (χ3n) is 2.43. The molecule has 4 nitrogen and oxygen atoms in total. The van der Waals surface area contributed by atoms with Crippen LogP contribution >= 0.6 is 27.5 Å². The van der Waals surface area contributed by atoms with Crippen LogP contribution in [0.3, 0.4) is 0 Å². The minimum atomic E-state index is -3.80. The fourth-order valence-electron chi connectivity index (χ4n) is 1.55. The molecule has 0 aliphatic carbocycles. The zero-order chi connectivity index (χ0) is 14.8. The first-order valence-corrected chi connectivity index (χ1v) is 8.06. The molecule has 0 amide bonds. The van der Waals surface area contributed by atoms with Crippen molar-refractivity contribution in [1.82, 2.24) is 0 Å². The number of benzene rings is 2. The molecule has 0 aliphatic rings. The van der Waals surface area contributed by atoms with E-state index in [-0.39, 0.29) is 9.92 Å². The molecule has 1 N–H and O–H groups in total. The number of nitrogens with one attached hydrogen (secondary N) is 1. The smallest absolute Gasteiger partial charge is 0.263 e. The lowest BCUT2D eigenvalue weighted by Crippen LogP contribution is -2.13. The first kappa shape index (κ1) is 14.9. The molecule has 0 spiro atoms. The van der Waals surface area contributed by atoms with Gasteiger partial charge in [-0.25, -0.2) is 8.42 Å². The van der Waals surface area contributed by atoms with Crippen molar-refractivity contribution < 1.29 is 8.42 Å². The van der Waals surface area contributed by atoms with Gasteiger partial charge in [0, 0.05) is 10.2 Å². The Morgan fingerprint density at radius 1 is 1.20 bits per heavy atom. The molecule has 0 heterocycles. The van der Waals surface area contributed by atoms with Crippen molar-refractivity contribution >= 4 is 43.2 Å². The van der Waals surface area contributed by atoms with Crippen molar-refractivity contribution in [2.24, 2.45) is 0 Å². The van der Waals surface area contributed by atoms with E-state index < -0.39 is 10.0 Å². The summed E-state index contributed by atoms with van der Waals surface area (Å²) >= 11 is 9.17. The monoisotopic (exact) mass is 370 g/mol. The third kappa shape index (κ3) is 3.31. The second-order valence-electron chi connectivity index (χ2n) is 3.87. The van der Waals surface area contributed by atoms with Crippen LogP contribution in [0.2, 0.25) is 5.02 Å². The Bertz CT molecular complexity index is 800. The molecule has 0 saturated heterocycles. The largest absolute Gasteiger partial charge is 0.280 e. The normalized spacial score (nSPS) is 10.8.